The first-order valence-corrected chi connectivity index (χ1v) is 7.00. The predicted octanol–water partition coefficient (Wildman–Crippen LogP) is 1.84. The van der Waals surface area contributed by atoms with Gasteiger partial charge in [-0.2, -0.15) is 0 Å². The molecule has 2 rings (SSSR count). The Morgan fingerprint density at radius 3 is 2.90 bits per heavy atom. The first-order chi connectivity index (χ1) is 9.56. The Morgan fingerprint density at radius 2 is 2.25 bits per heavy atom. The van der Waals surface area contributed by atoms with Crippen LogP contribution in [-0.4, -0.2) is 24.6 Å². The number of nitrogens with two attached hydrogens (primary N) is 1. The molecule has 3 N–H and O–H groups in total. The van der Waals surface area contributed by atoms with E-state index in [0.717, 1.165) is 19.3 Å². The van der Waals surface area contributed by atoms with Gasteiger partial charge in [0.1, 0.15) is 6.10 Å². The van der Waals surface area contributed by atoms with E-state index in [2.05, 4.69) is 5.32 Å². The lowest BCUT2D eigenvalue weighted by atomic mass is 10.1. The van der Waals surface area contributed by atoms with E-state index >= 15 is 0 Å². The maximum Gasteiger partial charge on any atom is 0.223 e. The average molecular weight is 280 g/mol. The van der Waals surface area contributed by atoms with Gasteiger partial charge in [-0.1, -0.05) is 12.1 Å². The van der Waals surface area contributed by atoms with Crippen LogP contribution in [0.25, 0.3) is 0 Å². The number of nitrogens with one attached hydrogen (secondary N) is 1. The van der Waals surface area contributed by atoms with Crippen molar-refractivity contribution in [3.8, 4) is 5.75 Å². The minimum Gasteiger partial charge on any atom is -0.486 e. The molecule has 0 spiro atoms. The van der Waals surface area contributed by atoms with Crippen molar-refractivity contribution in [2.75, 3.05) is 6.54 Å². The highest BCUT2D eigenvalue weighted by molar-refractivity contribution is 5.79. The van der Waals surface area contributed by atoms with Crippen LogP contribution in [0.4, 0.5) is 4.39 Å². The van der Waals surface area contributed by atoms with Gasteiger partial charge < -0.3 is 15.8 Å². The summed E-state index contributed by atoms with van der Waals surface area (Å²) in [5, 5.41) is 2.84. The van der Waals surface area contributed by atoms with Gasteiger partial charge in [-0.3, -0.25) is 4.79 Å². The second-order valence-corrected chi connectivity index (χ2v) is 5.37. The second-order valence-electron chi connectivity index (χ2n) is 5.37. The van der Waals surface area contributed by atoms with E-state index in [0.29, 0.717) is 6.54 Å². The summed E-state index contributed by atoms with van der Waals surface area (Å²) < 4.78 is 18.9. The maximum atomic E-state index is 13.4. The Labute approximate surface area is 118 Å². The third kappa shape index (κ3) is 3.93. The molecule has 1 aliphatic rings. The van der Waals surface area contributed by atoms with Crippen molar-refractivity contribution in [3.05, 3.63) is 30.1 Å². The van der Waals surface area contributed by atoms with Gasteiger partial charge in [0.25, 0.3) is 0 Å². The number of hydrogen-bond acceptors (Lipinski definition) is 3. The van der Waals surface area contributed by atoms with Crippen molar-refractivity contribution in [2.45, 2.75) is 38.3 Å². The smallest absolute Gasteiger partial charge is 0.223 e. The van der Waals surface area contributed by atoms with Crippen molar-refractivity contribution in [1.82, 2.24) is 5.32 Å². The van der Waals surface area contributed by atoms with Gasteiger partial charge in [0.2, 0.25) is 5.91 Å². The molecule has 110 valence electrons. The number of halogens is 1. The predicted molar refractivity (Wildman–Crippen MR) is 74.8 cm³/mol. The summed E-state index contributed by atoms with van der Waals surface area (Å²) in [6.45, 7) is 2.16. The largest absolute Gasteiger partial charge is 0.486 e. The topological polar surface area (TPSA) is 64.4 Å². The molecule has 0 radical (unpaired) electrons. The van der Waals surface area contributed by atoms with E-state index in [1.54, 1.807) is 25.1 Å². The minimum atomic E-state index is -0.396. The molecule has 1 aromatic carbocycles. The fraction of sp³-hybridized carbons (Fsp3) is 0.533. The van der Waals surface area contributed by atoms with Crippen LogP contribution in [0.1, 0.15) is 26.2 Å². The van der Waals surface area contributed by atoms with Gasteiger partial charge in [-0.25, -0.2) is 4.39 Å². The molecule has 0 heterocycles. The Hall–Kier alpha value is -1.62. The highest BCUT2D eigenvalue weighted by atomic mass is 19.1. The van der Waals surface area contributed by atoms with Gasteiger partial charge in [0.15, 0.2) is 11.6 Å². The van der Waals surface area contributed by atoms with Crippen LogP contribution in [0.3, 0.4) is 0 Å². The molecule has 0 bridgehead atoms. The minimum absolute atomic E-state index is 0.00524. The molecule has 0 saturated heterocycles. The summed E-state index contributed by atoms with van der Waals surface area (Å²) >= 11 is 0. The fourth-order valence-corrected chi connectivity index (χ4v) is 2.44. The molecule has 1 amide bonds. The summed E-state index contributed by atoms with van der Waals surface area (Å²) in [7, 11) is 0. The highest BCUT2D eigenvalue weighted by Crippen LogP contribution is 2.24. The SMILES string of the molecule is CC(CNC(=O)C1CCC(N)C1)Oc1ccccc1F. The number of carbonyl (C=O) groups excluding carboxylic acids is 1. The molecule has 3 atom stereocenters. The van der Waals surface area contributed by atoms with Crippen LogP contribution in [0.15, 0.2) is 24.3 Å². The molecular formula is C15H21FN2O2. The molecule has 1 fully saturated rings. The first kappa shape index (κ1) is 14.8. The van der Waals surface area contributed by atoms with E-state index in [4.69, 9.17) is 10.5 Å². The lowest BCUT2D eigenvalue weighted by Gasteiger charge is -2.17. The van der Waals surface area contributed by atoms with Crippen molar-refractivity contribution < 1.29 is 13.9 Å². The molecule has 5 heteroatoms. The number of para-hydroxylation sites is 1. The Morgan fingerprint density at radius 1 is 1.50 bits per heavy atom. The van der Waals surface area contributed by atoms with Crippen LogP contribution < -0.4 is 15.8 Å². The van der Waals surface area contributed by atoms with Gasteiger partial charge >= 0.3 is 0 Å². The maximum absolute atomic E-state index is 13.4. The highest BCUT2D eigenvalue weighted by Gasteiger charge is 2.27. The van der Waals surface area contributed by atoms with Gasteiger partial charge in [0, 0.05) is 12.0 Å². The zero-order chi connectivity index (χ0) is 14.5. The van der Waals surface area contributed by atoms with Crippen molar-refractivity contribution in [3.63, 3.8) is 0 Å². The molecule has 20 heavy (non-hydrogen) atoms. The van der Waals surface area contributed by atoms with Gasteiger partial charge in [0.05, 0.1) is 6.54 Å². The third-order valence-electron chi connectivity index (χ3n) is 3.57. The molecule has 3 unspecified atom stereocenters. The van der Waals surface area contributed by atoms with E-state index in [1.165, 1.54) is 6.07 Å². The Bertz CT molecular complexity index is 467. The van der Waals surface area contributed by atoms with E-state index < -0.39 is 5.82 Å². The van der Waals surface area contributed by atoms with Crippen molar-refractivity contribution >= 4 is 5.91 Å². The fourth-order valence-electron chi connectivity index (χ4n) is 2.44. The molecule has 4 nitrogen and oxygen atoms in total. The number of ether oxygens (including phenoxy) is 1. The molecular weight excluding hydrogens is 259 g/mol. The number of rotatable bonds is 5. The summed E-state index contributed by atoms with van der Waals surface area (Å²) in [5.74, 6) is -0.169. The quantitative estimate of drug-likeness (QED) is 0.865. The zero-order valence-electron chi connectivity index (χ0n) is 11.6. The molecule has 1 saturated carbocycles. The first-order valence-electron chi connectivity index (χ1n) is 7.00. The van der Waals surface area contributed by atoms with Crippen LogP contribution in [0.2, 0.25) is 0 Å². The standard InChI is InChI=1S/C15H21FN2O2/c1-10(20-14-5-3-2-4-13(14)16)9-18-15(19)11-6-7-12(17)8-11/h2-5,10-12H,6-9,17H2,1H3,(H,18,19). The number of amides is 1. The zero-order valence-corrected chi connectivity index (χ0v) is 11.6. The summed E-state index contributed by atoms with van der Waals surface area (Å²) in [6.07, 6.45) is 2.20. The molecule has 1 aliphatic carbocycles. The Balaban J connectivity index is 1.76. The second kappa shape index (κ2) is 6.70. The van der Waals surface area contributed by atoms with E-state index in [1.807, 2.05) is 0 Å². The number of benzene rings is 1. The summed E-state index contributed by atoms with van der Waals surface area (Å²) in [5.41, 5.74) is 5.79. The van der Waals surface area contributed by atoms with Crippen molar-refractivity contribution in [1.29, 1.82) is 0 Å². The number of hydrogen-bond donors (Lipinski definition) is 2. The third-order valence-corrected chi connectivity index (χ3v) is 3.57. The lowest BCUT2D eigenvalue weighted by Crippen LogP contribution is -2.37. The monoisotopic (exact) mass is 280 g/mol. The summed E-state index contributed by atoms with van der Waals surface area (Å²) in [6, 6.07) is 6.38. The Kier molecular flexibility index (Phi) is 4.95. The molecule has 0 aliphatic heterocycles. The average Bonchev–Trinajstić information content (AvgIpc) is 2.85. The lowest BCUT2D eigenvalue weighted by molar-refractivity contribution is -0.125. The van der Waals surface area contributed by atoms with E-state index in [-0.39, 0.29) is 29.7 Å². The van der Waals surface area contributed by atoms with Gasteiger partial charge in [-0.15, -0.1) is 0 Å². The van der Waals surface area contributed by atoms with Crippen LogP contribution in [-0.2, 0) is 4.79 Å². The number of carbonyl (C=O) groups is 1. The normalized spacial score (nSPS) is 23.4. The van der Waals surface area contributed by atoms with Crippen LogP contribution >= 0.6 is 0 Å². The van der Waals surface area contributed by atoms with E-state index in [9.17, 15) is 9.18 Å². The summed E-state index contributed by atoms with van der Waals surface area (Å²) in [4.78, 5) is 11.9. The molecule has 0 aromatic heterocycles. The van der Waals surface area contributed by atoms with Crippen LogP contribution in [0.5, 0.6) is 5.75 Å². The van der Waals surface area contributed by atoms with Gasteiger partial charge in [-0.05, 0) is 38.3 Å². The molecule has 1 aromatic rings. The van der Waals surface area contributed by atoms with Crippen molar-refractivity contribution in [2.24, 2.45) is 11.7 Å². The van der Waals surface area contributed by atoms with Crippen LogP contribution in [0, 0.1) is 11.7 Å².